The Hall–Kier alpha value is -0.830. The highest BCUT2D eigenvalue weighted by Crippen LogP contribution is 2.02. The second-order valence-electron chi connectivity index (χ2n) is 1.98. The van der Waals surface area contributed by atoms with Crippen molar-refractivity contribution in [1.82, 2.24) is 4.98 Å². The smallest absolute Gasteiger partial charge is 0.141 e. The van der Waals surface area contributed by atoms with Gasteiger partial charge < -0.3 is 5.32 Å². The molecule has 0 saturated carbocycles. The first kappa shape index (κ1) is 8.27. The molecule has 0 radical (unpaired) electrons. The van der Waals surface area contributed by atoms with Crippen molar-refractivity contribution < 1.29 is 4.39 Å². The summed E-state index contributed by atoms with van der Waals surface area (Å²) in [7, 11) is 0. The molecule has 11 heavy (non-hydrogen) atoms. The Morgan fingerprint density at radius 3 is 2.91 bits per heavy atom. The molecule has 0 aliphatic heterocycles. The molecule has 0 aliphatic carbocycles. The number of aromatic nitrogens is 1. The molecule has 0 atom stereocenters. The van der Waals surface area contributed by atoms with Crippen molar-refractivity contribution in [2.45, 2.75) is 0 Å². The average molecular weight is 175 g/mol. The third-order valence-electron chi connectivity index (χ3n) is 1.13. The second-order valence-corrected chi connectivity index (χ2v) is 2.36. The molecule has 0 spiro atoms. The Balaban J connectivity index is 2.52. The zero-order chi connectivity index (χ0) is 8.10. The van der Waals surface area contributed by atoms with Gasteiger partial charge in [-0.3, -0.25) is 0 Å². The van der Waals surface area contributed by atoms with Crippen molar-refractivity contribution in [3.05, 3.63) is 24.1 Å². The number of nitrogens with one attached hydrogen (secondary N) is 1. The minimum absolute atomic E-state index is 0.332. The predicted molar refractivity (Wildman–Crippen MR) is 43.4 cm³/mol. The van der Waals surface area contributed by atoms with Crippen LogP contribution in [0.2, 0.25) is 0 Å². The summed E-state index contributed by atoms with van der Waals surface area (Å²) in [5.41, 5.74) is 0. The highest BCUT2D eigenvalue weighted by molar-refractivity contribution is 6.18. The molecular formula is C7H8ClFN2. The van der Waals surface area contributed by atoms with Gasteiger partial charge in [-0.15, -0.1) is 11.6 Å². The molecule has 0 bridgehead atoms. The van der Waals surface area contributed by atoms with E-state index >= 15 is 0 Å². The first-order valence-electron chi connectivity index (χ1n) is 3.24. The predicted octanol–water partition coefficient (Wildman–Crippen LogP) is 1.87. The number of anilines is 1. The molecule has 0 unspecified atom stereocenters. The van der Waals surface area contributed by atoms with E-state index in [1.807, 2.05) is 0 Å². The van der Waals surface area contributed by atoms with E-state index in [2.05, 4.69) is 10.3 Å². The van der Waals surface area contributed by atoms with Gasteiger partial charge in [0, 0.05) is 12.4 Å². The van der Waals surface area contributed by atoms with E-state index in [9.17, 15) is 4.39 Å². The molecule has 1 aromatic heterocycles. The maximum atomic E-state index is 12.3. The highest BCUT2D eigenvalue weighted by atomic mass is 35.5. The van der Waals surface area contributed by atoms with Crippen molar-refractivity contribution in [3.63, 3.8) is 0 Å². The zero-order valence-corrected chi connectivity index (χ0v) is 6.61. The van der Waals surface area contributed by atoms with Gasteiger partial charge in [-0.25, -0.2) is 9.37 Å². The number of halogens is 2. The molecule has 60 valence electrons. The molecule has 1 N–H and O–H groups in total. The Labute approximate surface area is 69.4 Å². The van der Waals surface area contributed by atoms with Crippen LogP contribution in [-0.2, 0) is 0 Å². The quantitative estimate of drug-likeness (QED) is 0.708. The Kier molecular flexibility index (Phi) is 3.11. The van der Waals surface area contributed by atoms with Crippen molar-refractivity contribution in [2.24, 2.45) is 0 Å². The van der Waals surface area contributed by atoms with Crippen LogP contribution in [0.5, 0.6) is 0 Å². The molecule has 0 aromatic carbocycles. The summed E-state index contributed by atoms with van der Waals surface area (Å²) in [6.45, 7) is 0.639. The molecule has 0 aliphatic rings. The summed E-state index contributed by atoms with van der Waals surface area (Å²) in [5.74, 6) is 0.826. The fourth-order valence-corrected chi connectivity index (χ4v) is 0.750. The lowest BCUT2D eigenvalue weighted by Gasteiger charge is -2.00. The standard InChI is InChI=1S/C7H8ClFN2/c8-3-4-10-7-2-1-6(9)5-11-7/h1-2,5H,3-4H2,(H,10,11). The van der Waals surface area contributed by atoms with Crippen molar-refractivity contribution >= 4 is 17.4 Å². The van der Waals surface area contributed by atoms with Crippen molar-refractivity contribution in [3.8, 4) is 0 Å². The summed E-state index contributed by atoms with van der Waals surface area (Å²) < 4.78 is 12.3. The molecule has 0 amide bonds. The van der Waals surface area contributed by atoms with E-state index in [0.29, 0.717) is 18.2 Å². The summed E-state index contributed by atoms with van der Waals surface area (Å²) in [4.78, 5) is 3.77. The summed E-state index contributed by atoms with van der Waals surface area (Å²) >= 11 is 5.42. The Morgan fingerprint density at radius 2 is 2.36 bits per heavy atom. The molecule has 0 fully saturated rings. The molecule has 1 rings (SSSR count). The third kappa shape index (κ3) is 2.72. The van der Waals surface area contributed by atoms with E-state index in [1.165, 1.54) is 6.07 Å². The number of nitrogens with zero attached hydrogens (tertiary/aromatic N) is 1. The van der Waals surface area contributed by atoms with Gasteiger partial charge in [0.25, 0.3) is 0 Å². The first-order chi connectivity index (χ1) is 5.33. The van der Waals surface area contributed by atoms with Gasteiger partial charge in [-0.2, -0.15) is 0 Å². The maximum Gasteiger partial charge on any atom is 0.141 e. The van der Waals surface area contributed by atoms with Gasteiger partial charge in [0.15, 0.2) is 0 Å². The second kappa shape index (κ2) is 4.13. The van der Waals surface area contributed by atoms with Crippen LogP contribution in [0, 0.1) is 5.82 Å². The molecule has 2 nitrogen and oxygen atoms in total. The lowest BCUT2D eigenvalue weighted by atomic mass is 10.4. The maximum absolute atomic E-state index is 12.3. The minimum atomic E-state index is -0.332. The van der Waals surface area contributed by atoms with Crippen molar-refractivity contribution in [1.29, 1.82) is 0 Å². The third-order valence-corrected chi connectivity index (χ3v) is 1.32. The largest absolute Gasteiger partial charge is 0.369 e. The SMILES string of the molecule is Fc1ccc(NCCCl)nc1. The zero-order valence-electron chi connectivity index (χ0n) is 5.85. The molecule has 4 heteroatoms. The van der Waals surface area contributed by atoms with Crippen LogP contribution in [0.4, 0.5) is 10.2 Å². The fourth-order valence-electron chi connectivity index (χ4n) is 0.656. The lowest BCUT2D eigenvalue weighted by molar-refractivity contribution is 0.622. The van der Waals surface area contributed by atoms with Crippen LogP contribution in [0.15, 0.2) is 18.3 Å². The van der Waals surface area contributed by atoms with E-state index in [1.54, 1.807) is 6.07 Å². The normalized spacial score (nSPS) is 9.64. The molecular weight excluding hydrogens is 167 g/mol. The first-order valence-corrected chi connectivity index (χ1v) is 3.78. The van der Waals surface area contributed by atoms with Gasteiger partial charge in [0.05, 0.1) is 6.20 Å². The summed E-state index contributed by atoms with van der Waals surface area (Å²) in [6, 6.07) is 2.92. The highest BCUT2D eigenvalue weighted by Gasteiger charge is 1.91. The number of alkyl halides is 1. The Bertz CT molecular complexity index is 212. The fraction of sp³-hybridized carbons (Fsp3) is 0.286. The van der Waals surface area contributed by atoms with Crippen molar-refractivity contribution in [2.75, 3.05) is 17.7 Å². The van der Waals surface area contributed by atoms with Crippen LogP contribution in [0.25, 0.3) is 0 Å². The van der Waals surface area contributed by atoms with E-state index < -0.39 is 0 Å². The van der Waals surface area contributed by atoms with E-state index in [-0.39, 0.29) is 5.82 Å². The number of hydrogen-bond acceptors (Lipinski definition) is 2. The van der Waals surface area contributed by atoms with Gasteiger partial charge in [0.1, 0.15) is 11.6 Å². The summed E-state index contributed by atoms with van der Waals surface area (Å²) in [6.07, 6.45) is 1.16. The van der Waals surface area contributed by atoms with Crippen LogP contribution in [0.1, 0.15) is 0 Å². The number of hydrogen-bond donors (Lipinski definition) is 1. The Morgan fingerprint density at radius 1 is 1.55 bits per heavy atom. The topological polar surface area (TPSA) is 24.9 Å². The van der Waals surface area contributed by atoms with Crippen LogP contribution >= 0.6 is 11.6 Å². The van der Waals surface area contributed by atoms with E-state index in [4.69, 9.17) is 11.6 Å². The minimum Gasteiger partial charge on any atom is -0.369 e. The average Bonchev–Trinajstić information content (AvgIpc) is 2.04. The van der Waals surface area contributed by atoms with Crippen LogP contribution < -0.4 is 5.32 Å². The van der Waals surface area contributed by atoms with Gasteiger partial charge in [0.2, 0.25) is 0 Å². The van der Waals surface area contributed by atoms with E-state index in [0.717, 1.165) is 6.20 Å². The molecule has 1 aromatic rings. The number of rotatable bonds is 3. The van der Waals surface area contributed by atoms with Gasteiger partial charge in [-0.05, 0) is 12.1 Å². The number of pyridine rings is 1. The lowest BCUT2D eigenvalue weighted by Crippen LogP contribution is -2.03. The van der Waals surface area contributed by atoms with Crippen LogP contribution in [-0.4, -0.2) is 17.4 Å². The summed E-state index contributed by atoms with van der Waals surface area (Å²) in [5, 5.41) is 2.91. The van der Waals surface area contributed by atoms with Crippen LogP contribution in [0.3, 0.4) is 0 Å². The monoisotopic (exact) mass is 174 g/mol. The van der Waals surface area contributed by atoms with Gasteiger partial charge in [-0.1, -0.05) is 0 Å². The molecule has 0 saturated heterocycles. The molecule has 1 heterocycles. The van der Waals surface area contributed by atoms with Gasteiger partial charge >= 0.3 is 0 Å².